The first kappa shape index (κ1) is 24.3. The average Bonchev–Trinajstić information content (AvgIpc) is 3.22. The van der Waals surface area contributed by atoms with Gasteiger partial charge < -0.3 is 19.9 Å². The van der Waals surface area contributed by atoms with Crippen molar-refractivity contribution in [3.05, 3.63) is 29.1 Å². The van der Waals surface area contributed by atoms with E-state index in [9.17, 15) is 0 Å². The summed E-state index contributed by atoms with van der Waals surface area (Å²) in [5.41, 5.74) is 3.32. The smallest absolute Gasteiger partial charge is 0.191 e. The molecule has 10 heteroatoms. The Kier molecular flexibility index (Phi) is 11.0. The van der Waals surface area contributed by atoms with E-state index in [0.717, 1.165) is 61.3 Å². The summed E-state index contributed by atoms with van der Waals surface area (Å²) in [7, 11) is 1.70. The lowest BCUT2D eigenvalue weighted by molar-refractivity contribution is 0.182. The highest BCUT2D eigenvalue weighted by atomic mass is 127. The number of aryl methyl sites for hydroxylation is 2. The van der Waals surface area contributed by atoms with E-state index >= 15 is 0 Å². The number of aliphatic imine (C=N–C) groups is 1. The number of rotatable bonds is 10. The van der Waals surface area contributed by atoms with Gasteiger partial charge in [0.25, 0.3) is 0 Å². The Labute approximate surface area is 184 Å². The standard InChI is InChI=1S/C18H32N8O.HI/c1-6-17-23-22-13-25(17)9-8-20-18(19-7-2)21-12-16-14(3)24-26(15(16)4)10-11-27-5;/h13H,6-12H2,1-5H3,(H2,19,20,21);1H. The van der Waals surface area contributed by atoms with Gasteiger partial charge in [-0.15, -0.1) is 34.2 Å². The lowest BCUT2D eigenvalue weighted by Crippen LogP contribution is -2.39. The molecule has 0 unspecified atom stereocenters. The van der Waals surface area contributed by atoms with E-state index in [-0.39, 0.29) is 24.0 Å². The predicted molar refractivity (Wildman–Crippen MR) is 121 cm³/mol. The summed E-state index contributed by atoms with van der Waals surface area (Å²) in [6, 6.07) is 0. The average molecular weight is 504 g/mol. The molecule has 28 heavy (non-hydrogen) atoms. The largest absolute Gasteiger partial charge is 0.383 e. The van der Waals surface area contributed by atoms with E-state index in [2.05, 4.69) is 51.3 Å². The lowest BCUT2D eigenvalue weighted by atomic mass is 10.2. The Morgan fingerprint density at radius 1 is 1.21 bits per heavy atom. The van der Waals surface area contributed by atoms with Gasteiger partial charge in [0.2, 0.25) is 0 Å². The normalized spacial score (nSPS) is 11.4. The Balaban J connectivity index is 0.00000392. The maximum absolute atomic E-state index is 5.15. The Bertz CT molecular complexity index is 740. The maximum Gasteiger partial charge on any atom is 0.191 e. The third-order valence-corrected chi connectivity index (χ3v) is 4.44. The van der Waals surface area contributed by atoms with E-state index in [1.165, 1.54) is 0 Å². The summed E-state index contributed by atoms with van der Waals surface area (Å²) >= 11 is 0. The van der Waals surface area contributed by atoms with E-state index in [1.54, 1.807) is 13.4 Å². The molecule has 0 radical (unpaired) electrons. The maximum atomic E-state index is 5.15. The third kappa shape index (κ3) is 6.73. The topological polar surface area (TPSA) is 94.2 Å². The van der Waals surface area contributed by atoms with E-state index in [4.69, 9.17) is 9.73 Å². The van der Waals surface area contributed by atoms with Crippen molar-refractivity contribution in [1.29, 1.82) is 0 Å². The van der Waals surface area contributed by atoms with E-state index in [0.29, 0.717) is 13.2 Å². The number of nitrogens with one attached hydrogen (secondary N) is 2. The number of methoxy groups -OCH3 is 1. The minimum atomic E-state index is 0. The summed E-state index contributed by atoms with van der Waals surface area (Å²) in [6.45, 7) is 12.6. The Morgan fingerprint density at radius 3 is 2.68 bits per heavy atom. The van der Waals surface area contributed by atoms with Crippen LogP contribution < -0.4 is 10.6 Å². The highest BCUT2D eigenvalue weighted by molar-refractivity contribution is 14.0. The van der Waals surface area contributed by atoms with Gasteiger partial charge >= 0.3 is 0 Å². The summed E-state index contributed by atoms with van der Waals surface area (Å²) < 4.78 is 9.20. The molecule has 2 heterocycles. The molecule has 0 spiro atoms. The number of aromatic nitrogens is 5. The van der Waals surface area contributed by atoms with Crippen molar-refractivity contribution in [3.63, 3.8) is 0 Å². The van der Waals surface area contributed by atoms with Gasteiger partial charge in [0.05, 0.1) is 25.4 Å². The van der Waals surface area contributed by atoms with Gasteiger partial charge in [0.1, 0.15) is 12.2 Å². The number of halogens is 1. The first-order valence-electron chi connectivity index (χ1n) is 9.51. The third-order valence-electron chi connectivity index (χ3n) is 4.44. The molecule has 2 aromatic heterocycles. The van der Waals surface area contributed by atoms with E-state index < -0.39 is 0 Å². The Morgan fingerprint density at radius 2 is 2.00 bits per heavy atom. The second-order valence-electron chi connectivity index (χ2n) is 6.28. The molecule has 9 nitrogen and oxygen atoms in total. The molecule has 0 saturated carbocycles. The molecule has 2 rings (SSSR count). The first-order valence-corrected chi connectivity index (χ1v) is 9.51. The molecule has 2 N–H and O–H groups in total. The van der Waals surface area contributed by atoms with Crippen LogP contribution >= 0.6 is 24.0 Å². The van der Waals surface area contributed by atoms with Gasteiger partial charge in [-0.1, -0.05) is 6.92 Å². The van der Waals surface area contributed by atoms with E-state index in [1.807, 2.05) is 11.6 Å². The summed E-state index contributed by atoms with van der Waals surface area (Å²) in [5, 5.41) is 19.3. The van der Waals surface area contributed by atoms with Crippen LogP contribution in [0.1, 0.15) is 36.6 Å². The van der Waals surface area contributed by atoms with Crippen molar-refractivity contribution in [3.8, 4) is 0 Å². The number of nitrogens with zero attached hydrogens (tertiary/aromatic N) is 6. The van der Waals surface area contributed by atoms with Crippen molar-refractivity contribution in [1.82, 2.24) is 35.2 Å². The van der Waals surface area contributed by atoms with Crippen molar-refractivity contribution in [2.45, 2.75) is 53.8 Å². The fourth-order valence-electron chi connectivity index (χ4n) is 2.89. The van der Waals surface area contributed by atoms with Crippen LogP contribution in [0.25, 0.3) is 0 Å². The van der Waals surface area contributed by atoms with Gasteiger partial charge in [-0.25, -0.2) is 4.99 Å². The van der Waals surface area contributed by atoms with Crippen molar-refractivity contribution < 1.29 is 4.74 Å². The van der Waals surface area contributed by atoms with Crippen LogP contribution in [-0.4, -0.2) is 57.3 Å². The van der Waals surface area contributed by atoms with Crippen LogP contribution in [0.3, 0.4) is 0 Å². The van der Waals surface area contributed by atoms with Gasteiger partial charge in [-0.05, 0) is 20.8 Å². The second kappa shape index (κ2) is 12.7. The monoisotopic (exact) mass is 504 g/mol. The molecule has 2 aromatic rings. The van der Waals surface area contributed by atoms with Crippen LogP contribution in [0.15, 0.2) is 11.3 Å². The Hall–Kier alpha value is -1.69. The van der Waals surface area contributed by atoms with Gasteiger partial charge in [-0.2, -0.15) is 5.10 Å². The summed E-state index contributed by atoms with van der Waals surface area (Å²) in [5.74, 6) is 1.79. The minimum Gasteiger partial charge on any atom is -0.383 e. The fraction of sp³-hybridized carbons (Fsp3) is 0.667. The molecule has 0 amide bonds. The number of hydrogen-bond acceptors (Lipinski definition) is 5. The van der Waals surface area contributed by atoms with Crippen molar-refractivity contribution >= 4 is 29.9 Å². The molecule has 0 aromatic carbocycles. The molecule has 0 aliphatic rings. The molecule has 0 fully saturated rings. The van der Waals surface area contributed by atoms with Crippen LogP contribution in [0.5, 0.6) is 0 Å². The molecule has 0 saturated heterocycles. The van der Waals surface area contributed by atoms with Crippen molar-refractivity contribution in [2.24, 2.45) is 4.99 Å². The molecule has 0 aliphatic carbocycles. The van der Waals surface area contributed by atoms with Crippen LogP contribution in [-0.2, 0) is 30.8 Å². The van der Waals surface area contributed by atoms with Crippen LogP contribution in [0.2, 0.25) is 0 Å². The SMILES string of the molecule is CCNC(=NCc1c(C)nn(CCOC)c1C)NCCn1cnnc1CC.I. The number of hydrogen-bond donors (Lipinski definition) is 2. The number of guanidine groups is 1. The van der Waals surface area contributed by atoms with Crippen LogP contribution in [0.4, 0.5) is 0 Å². The van der Waals surface area contributed by atoms with Crippen LogP contribution in [0, 0.1) is 13.8 Å². The molecule has 0 bridgehead atoms. The minimum absolute atomic E-state index is 0. The number of ether oxygens (including phenoxy) is 1. The zero-order valence-corrected chi connectivity index (χ0v) is 19.9. The highest BCUT2D eigenvalue weighted by Crippen LogP contribution is 2.14. The van der Waals surface area contributed by atoms with Gasteiger partial charge in [-0.3, -0.25) is 4.68 Å². The molecule has 158 valence electrons. The molecular weight excluding hydrogens is 471 g/mol. The molecule has 0 atom stereocenters. The van der Waals surface area contributed by atoms with Crippen molar-refractivity contribution in [2.75, 3.05) is 26.8 Å². The summed E-state index contributed by atoms with van der Waals surface area (Å²) in [4.78, 5) is 4.73. The lowest BCUT2D eigenvalue weighted by Gasteiger charge is -2.12. The zero-order chi connectivity index (χ0) is 19.6. The van der Waals surface area contributed by atoms with Gasteiger partial charge in [0, 0.05) is 44.4 Å². The molecule has 0 aliphatic heterocycles. The second-order valence-corrected chi connectivity index (χ2v) is 6.28. The van der Waals surface area contributed by atoms with Gasteiger partial charge in [0.15, 0.2) is 5.96 Å². The quantitative estimate of drug-likeness (QED) is 0.291. The fourth-order valence-corrected chi connectivity index (χ4v) is 2.89. The summed E-state index contributed by atoms with van der Waals surface area (Å²) in [6.07, 6.45) is 2.64. The zero-order valence-electron chi connectivity index (χ0n) is 17.5. The first-order chi connectivity index (χ1) is 13.1. The predicted octanol–water partition coefficient (Wildman–Crippen LogP) is 1.67. The molecular formula is C18H33IN8O. The highest BCUT2D eigenvalue weighted by Gasteiger charge is 2.11.